The first kappa shape index (κ1) is 16.0. The molecule has 1 aliphatic rings. The number of aromatic nitrogens is 2. The van der Waals surface area contributed by atoms with E-state index in [1.165, 1.54) is 6.08 Å². The number of carbonyl (C=O) groups excluding carboxylic acids is 1. The Bertz CT molecular complexity index is 707. The summed E-state index contributed by atoms with van der Waals surface area (Å²) in [4.78, 5) is 18.4. The van der Waals surface area contributed by atoms with E-state index in [4.69, 9.17) is 16.3 Å². The van der Waals surface area contributed by atoms with Crippen LogP contribution in [0.2, 0.25) is 5.15 Å². The van der Waals surface area contributed by atoms with Crippen LogP contribution >= 0.6 is 11.6 Å². The fraction of sp³-hybridized carbons (Fsp3) is 0.375. The molecule has 0 saturated carbocycles. The van der Waals surface area contributed by atoms with Crippen LogP contribution in [0, 0.1) is 0 Å². The van der Waals surface area contributed by atoms with Gasteiger partial charge in [-0.1, -0.05) is 17.7 Å². The highest BCUT2D eigenvalue weighted by Crippen LogP contribution is 2.18. The molecule has 0 aromatic carbocycles. The van der Waals surface area contributed by atoms with Crippen LogP contribution in [0.4, 0.5) is 0 Å². The minimum Gasteiger partial charge on any atom is -0.379 e. The first-order chi connectivity index (χ1) is 11.2. The number of amides is 1. The van der Waals surface area contributed by atoms with Crippen molar-refractivity contribution >= 4 is 29.2 Å². The van der Waals surface area contributed by atoms with E-state index in [0.29, 0.717) is 17.4 Å². The fourth-order valence-corrected chi connectivity index (χ4v) is 2.75. The summed E-state index contributed by atoms with van der Waals surface area (Å²) >= 11 is 6.12. The Morgan fingerprint density at radius 1 is 1.39 bits per heavy atom. The lowest BCUT2D eigenvalue weighted by molar-refractivity contribution is -0.116. The molecule has 23 heavy (non-hydrogen) atoms. The van der Waals surface area contributed by atoms with Crippen LogP contribution in [-0.2, 0) is 9.53 Å². The molecule has 1 fully saturated rings. The average molecular weight is 335 g/mol. The smallest absolute Gasteiger partial charge is 0.244 e. The molecule has 0 aliphatic carbocycles. The minimum absolute atomic E-state index is 0.139. The highest BCUT2D eigenvalue weighted by molar-refractivity contribution is 6.31. The highest BCUT2D eigenvalue weighted by Gasteiger charge is 2.10. The van der Waals surface area contributed by atoms with Crippen LogP contribution in [-0.4, -0.2) is 59.6 Å². The van der Waals surface area contributed by atoms with Crippen LogP contribution in [0.15, 0.2) is 30.5 Å². The van der Waals surface area contributed by atoms with E-state index in [0.717, 1.165) is 38.5 Å². The first-order valence-corrected chi connectivity index (χ1v) is 8.00. The van der Waals surface area contributed by atoms with Crippen LogP contribution in [0.5, 0.6) is 0 Å². The molecule has 1 aliphatic heterocycles. The number of pyridine rings is 1. The van der Waals surface area contributed by atoms with Crippen molar-refractivity contribution in [3.05, 3.63) is 41.3 Å². The van der Waals surface area contributed by atoms with Gasteiger partial charge < -0.3 is 10.1 Å². The summed E-state index contributed by atoms with van der Waals surface area (Å²) in [5.74, 6) is -0.139. The number of imidazole rings is 1. The topological polar surface area (TPSA) is 58.9 Å². The molecular weight excluding hydrogens is 316 g/mol. The zero-order valence-corrected chi connectivity index (χ0v) is 13.5. The quantitative estimate of drug-likeness (QED) is 0.841. The molecule has 0 bridgehead atoms. The Morgan fingerprint density at radius 2 is 2.22 bits per heavy atom. The number of carbonyl (C=O) groups is 1. The van der Waals surface area contributed by atoms with Crippen LogP contribution in [0.1, 0.15) is 5.69 Å². The van der Waals surface area contributed by atoms with E-state index < -0.39 is 0 Å². The van der Waals surface area contributed by atoms with E-state index >= 15 is 0 Å². The third-order valence-corrected chi connectivity index (χ3v) is 4.02. The van der Waals surface area contributed by atoms with Crippen LogP contribution < -0.4 is 5.32 Å². The Kier molecular flexibility index (Phi) is 5.27. The maximum absolute atomic E-state index is 11.9. The number of rotatable bonds is 5. The number of ether oxygens (including phenoxy) is 1. The first-order valence-electron chi connectivity index (χ1n) is 7.62. The summed E-state index contributed by atoms with van der Waals surface area (Å²) in [6.45, 7) is 4.82. The predicted octanol–water partition coefficient (Wildman–Crippen LogP) is 1.45. The summed E-state index contributed by atoms with van der Waals surface area (Å²) in [5, 5.41) is 3.26. The molecule has 2 aromatic rings. The molecule has 7 heteroatoms. The molecule has 1 N–H and O–H groups in total. The Labute approximate surface area is 139 Å². The third kappa shape index (κ3) is 4.10. The van der Waals surface area contributed by atoms with Crippen molar-refractivity contribution in [1.29, 1.82) is 0 Å². The van der Waals surface area contributed by atoms with Crippen molar-refractivity contribution in [2.75, 3.05) is 39.4 Å². The molecule has 2 aromatic heterocycles. The third-order valence-electron chi connectivity index (χ3n) is 3.75. The van der Waals surface area contributed by atoms with Crippen LogP contribution in [0.25, 0.3) is 11.7 Å². The van der Waals surface area contributed by atoms with Gasteiger partial charge in [-0.3, -0.25) is 14.1 Å². The van der Waals surface area contributed by atoms with E-state index in [1.54, 1.807) is 6.08 Å². The van der Waals surface area contributed by atoms with Crippen molar-refractivity contribution < 1.29 is 9.53 Å². The summed E-state index contributed by atoms with van der Waals surface area (Å²) in [6.07, 6.45) is 5.04. The molecule has 0 atom stereocenters. The Hall–Kier alpha value is -1.89. The van der Waals surface area contributed by atoms with Crippen molar-refractivity contribution in [1.82, 2.24) is 19.6 Å². The molecule has 0 unspecified atom stereocenters. The SMILES string of the molecule is O=C(/C=C/c1c(Cl)nc2ccccn12)NCCN1CCOCC1. The number of hydrogen-bond donors (Lipinski definition) is 1. The number of nitrogens with one attached hydrogen (secondary N) is 1. The predicted molar refractivity (Wildman–Crippen MR) is 89.5 cm³/mol. The summed E-state index contributed by atoms with van der Waals surface area (Å²) in [7, 11) is 0. The number of fused-ring (bicyclic) bond motifs is 1. The van der Waals surface area contributed by atoms with E-state index in [2.05, 4.69) is 15.2 Å². The molecule has 0 spiro atoms. The fourth-order valence-electron chi connectivity index (χ4n) is 2.51. The van der Waals surface area contributed by atoms with E-state index in [-0.39, 0.29) is 5.91 Å². The molecule has 3 rings (SSSR count). The molecular formula is C16H19ClN4O2. The standard InChI is InChI=1S/C16H19ClN4O2/c17-16-13(21-7-2-1-3-14(21)19-16)4-5-15(22)18-6-8-20-9-11-23-12-10-20/h1-5,7H,6,8-12H2,(H,18,22)/b5-4+. The summed E-state index contributed by atoms with van der Waals surface area (Å²) in [5.41, 5.74) is 1.45. The van der Waals surface area contributed by atoms with Gasteiger partial charge in [-0.25, -0.2) is 4.98 Å². The molecule has 6 nitrogen and oxygen atoms in total. The maximum Gasteiger partial charge on any atom is 0.244 e. The van der Waals surface area contributed by atoms with Gasteiger partial charge in [-0.05, 0) is 18.2 Å². The molecule has 122 valence electrons. The molecule has 0 radical (unpaired) electrons. The van der Waals surface area contributed by atoms with Gasteiger partial charge in [0.1, 0.15) is 5.65 Å². The van der Waals surface area contributed by atoms with Crippen molar-refractivity contribution in [2.24, 2.45) is 0 Å². The van der Waals surface area contributed by atoms with Gasteiger partial charge in [0.2, 0.25) is 5.91 Å². The zero-order chi connectivity index (χ0) is 16.1. The highest BCUT2D eigenvalue weighted by atomic mass is 35.5. The van der Waals surface area contributed by atoms with Gasteiger partial charge in [-0.15, -0.1) is 0 Å². The molecule has 1 amide bonds. The number of hydrogen-bond acceptors (Lipinski definition) is 4. The Morgan fingerprint density at radius 3 is 3.04 bits per heavy atom. The lowest BCUT2D eigenvalue weighted by Crippen LogP contribution is -2.41. The summed E-state index contributed by atoms with van der Waals surface area (Å²) in [6, 6.07) is 5.65. The lowest BCUT2D eigenvalue weighted by Gasteiger charge is -2.26. The molecule has 3 heterocycles. The van der Waals surface area contributed by atoms with Gasteiger partial charge in [0.25, 0.3) is 0 Å². The van der Waals surface area contributed by atoms with Gasteiger partial charge >= 0.3 is 0 Å². The van der Waals surface area contributed by atoms with E-state index in [1.807, 2.05) is 28.8 Å². The number of nitrogens with zero attached hydrogens (tertiary/aromatic N) is 3. The lowest BCUT2D eigenvalue weighted by atomic mass is 10.3. The van der Waals surface area contributed by atoms with Crippen molar-refractivity contribution in [3.63, 3.8) is 0 Å². The van der Waals surface area contributed by atoms with Crippen molar-refractivity contribution in [2.45, 2.75) is 0 Å². The normalized spacial score (nSPS) is 16.2. The van der Waals surface area contributed by atoms with Gasteiger partial charge in [0, 0.05) is 38.5 Å². The minimum atomic E-state index is -0.139. The zero-order valence-electron chi connectivity index (χ0n) is 12.7. The molecule has 1 saturated heterocycles. The van der Waals surface area contributed by atoms with Gasteiger partial charge in [-0.2, -0.15) is 0 Å². The van der Waals surface area contributed by atoms with Crippen molar-refractivity contribution in [3.8, 4) is 0 Å². The monoisotopic (exact) mass is 334 g/mol. The summed E-state index contributed by atoms with van der Waals surface area (Å²) < 4.78 is 7.14. The Balaban J connectivity index is 1.54. The second-order valence-corrected chi connectivity index (χ2v) is 5.65. The average Bonchev–Trinajstić information content (AvgIpc) is 2.89. The number of halogens is 1. The second kappa shape index (κ2) is 7.59. The maximum atomic E-state index is 11.9. The van der Waals surface area contributed by atoms with Gasteiger partial charge in [0.15, 0.2) is 5.15 Å². The van der Waals surface area contributed by atoms with Gasteiger partial charge in [0.05, 0.1) is 18.9 Å². The largest absolute Gasteiger partial charge is 0.379 e. The number of morpholine rings is 1. The van der Waals surface area contributed by atoms with Crippen LogP contribution in [0.3, 0.4) is 0 Å². The second-order valence-electron chi connectivity index (χ2n) is 5.30. The van der Waals surface area contributed by atoms with E-state index in [9.17, 15) is 4.79 Å².